The van der Waals surface area contributed by atoms with Crippen LogP contribution in [0.4, 0.5) is 5.95 Å². The fourth-order valence-electron chi connectivity index (χ4n) is 1.84. The molecule has 23 heavy (non-hydrogen) atoms. The first kappa shape index (κ1) is 16.5. The van der Waals surface area contributed by atoms with Crippen molar-refractivity contribution in [1.29, 1.82) is 0 Å². The molecule has 1 aromatic carbocycles. The average Bonchev–Trinajstić information content (AvgIpc) is 2.74. The van der Waals surface area contributed by atoms with Gasteiger partial charge in [0.25, 0.3) is 0 Å². The summed E-state index contributed by atoms with van der Waals surface area (Å²) >= 11 is 0. The summed E-state index contributed by atoms with van der Waals surface area (Å²) in [5.74, 6) is -0.233. The topological polar surface area (TPSA) is 103 Å². The second-order valence-corrected chi connectivity index (χ2v) is 6.11. The molecule has 0 spiro atoms. The van der Waals surface area contributed by atoms with Crippen LogP contribution in [0.25, 0.3) is 0 Å². The van der Waals surface area contributed by atoms with Gasteiger partial charge in [0.05, 0.1) is 23.7 Å². The molecule has 0 saturated carbocycles. The fraction of sp³-hybridized carbons (Fsp3) is 0.312. The van der Waals surface area contributed by atoms with Crippen LogP contribution in [0.1, 0.15) is 42.4 Å². The monoisotopic (exact) mass is 316 g/mol. The van der Waals surface area contributed by atoms with E-state index in [1.807, 2.05) is 0 Å². The highest BCUT2D eigenvalue weighted by Crippen LogP contribution is 2.19. The minimum Gasteiger partial charge on any atom is -0.507 e. The van der Waals surface area contributed by atoms with E-state index < -0.39 is 11.6 Å². The fourth-order valence-corrected chi connectivity index (χ4v) is 1.84. The van der Waals surface area contributed by atoms with Gasteiger partial charge >= 0.3 is 5.97 Å². The van der Waals surface area contributed by atoms with Crippen LogP contribution in [0.5, 0.6) is 5.75 Å². The molecule has 0 bridgehead atoms. The van der Waals surface area contributed by atoms with Crippen molar-refractivity contribution < 1.29 is 14.6 Å². The Morgan fingerprint density at radius 2 is 2.13 bits per heavy atom. The summed E-state index contributed by atoms with van der Waals surface area (Å²) < 4.78 is 6.69. The van der Waals surface area contributed by atoms with Gasteiger partial charge in [0, 0.05) is 5.56 Å². The predicted molar refractivity (Wildman–Crippen MR) is 87.6 cm³/mol. The highest BCUT2D eigenvalue weighted by molar-refractivity contribution is 5.93. The van der Waals surface area contributed by atoms with Gasteiger partial charge in [0.15, 0.2) is 0 Å². The summed E-state index contributed by atoms with van der Waals surface area (Å²) in [5.41, 5.74) is 6.53. The molecule has 3 N–H and O–H groups in total. The van der Waals surface area contributed by atoms with Crippen molar-refractivity contribution in [2.24, 2.45) is 5.10 Å². The van der Waals surface area contributed by atoms with E-state index in [2.05, 4.69) is 10.1 Å². The molecule has 2 aromatic rings. The first-order chi connectivity index (χ1) is 10.7. The van der Waals surface area contributed by atoms with Gasteiger partial charge < -0.3 is 15.6 Å². The summed E-state index contributed by atoms with van der Waals surface area (Å²) in [6, 6.07) is 4.42. The van der Waals surface area contributed by atoms with Crippen molar-refractivity contribution in [3.8, 4) is 5.75 Å². The molecule has 0 aliphatic carbocycles. The molecule has 122 valence electrons. The van der Waals surface area contributed by atoms with Crippen LogP contribution in [0.2, 0.25) is 0 Å². The molecule has 1 aromatic heterocycles. The number of hydrogen-bond donors (Lipinski definition) is 2. The third-order valence-electron chi connectivity index (χ3n) is 2.82. The van der Waals surface area contributed by atoms with Crippen molar-refractivity contribution in [3.63, 3.8) is 0 Å². The Hall–Kier alpha value is -2.83. The summed E-state index contributed by atoms with van der Waals surface area (Å²) in [7, 11) is 0. The largest absolute Gasteiger partial charge is 0.507 e. The van der Waals surface area contributed by atoms with Gasteiger partial charge in [-0.15, -0.1) is 0 Å². The van der Waals surface area contributed by atoms with Crippen LogP contribution < -0.4 is 5.73 Å². The number of hydrogen-bond acceptors (Lipinski definition) is 6. The van der Waals surface area contributed by atoms with Crippen LogP contribution in [0, 0.1) is 6.92 Å². The number of nitrogens with zero attached hydrogens (tertiary/aromatic N) is 3. The lowest BCUT2D eigenvalue weighted by Crippen LogP contribution is -2.23. The number of anilines is 1. The molecule has 0 fully saturated rings. The Balaban J connectivity index is 2.27. The lowest BCUT2D eigenvalue weighted by atomic mass is 10.1. The molecule has 1 heterocycles. The Morgan fingerprint density at radius 3 is 2.70 bits per heavy atom. The van der Waals surface area contributed by atoms with Gasteiger partial charge in [-0.05, 0) is 45.9 Å². The normalized spacial score (nSPS) is 11.8. The number of nitrogens with two attached hydrogens (primary N) is 1. The minimum absolute atomic E-state index is 0.00327. The van der Waals surface area contributed by atoms with Crippen molar-refractivity contribution in [2.75, 3.05) is 5.73 Å². The van der Waals surface area contributed by atoms with E-state index in [0.29, 0.717) is 11.1 Å². The van der Waals surface area contributed by atoms with E-state index in [4.69, 9.17) is 10.5 Å². The quantitative estimate of drug-likeness (QED) is 0.668. The van der Waals surface area contributed by atoms with E-state index in [9.17, 15) is 9.90 Å². The first-order valence-corrected chi connectivity index (χ1v) is 7.08. The molecule has 0 saturated heterocycles. The maximum absolute atomic E-state index is 12.1. The van der Waals surface area contributed by atoms with Crippen molar-refractivity contribution >= 4 is 18.1 Å². The Kier molecular flexibility index (Phi) is 4.40. The average molecular weight is 316 g/mol. The number of benzene rings is 1. The SMILES string of the molecule is Cc1cn(N=Cc2cc(C(=O)OC(C)(C)C)ccc2O)c(N)n1. The number of ether oxygens (including phenoxy) is 1. The van der Waals surface area contributed by atoms with Crippen molar-refractivity contribution in [3.05, 3.63) is 41.2 Å². The summed E-state index contributed by atoms with van der Waals surface area (Å²) in [6.45, 7) is 7.16. The number of phenolic OH excluding ortho intramolecular Hbond substituents is 1. The number of imidazole rings is 1. The van der Waals surface area contributed by atoms with Crippen LogP contribution in [-0.2, 0) is 4.74 Å². The molecule has 7 nitrogen and oxygen atoms in total. The second kappa shape index (κ2) is 6.12. The van der Waals surface area contributed by atoms with Gasteiger partial charge in [-0.2, -0.15) is 5.10 Å². The second-order valence-electron chi connectivity index (χ2n) is 6.11. The maximum atomic E-state index is 12.1. The zero-order valence-corrected chi connectivity index (χ0v) is 13.6. The number of carbonyl (C=O) groups is 1. The molecule has 0 aliphatic rings. The molecule has 0 radical (unpaired) electrons. The molecule has 0 amide bonds. The number of phenols is 1. The molecule has 0 aliphatic heterocycles. The third-order valence-corrected chi connectivity index (χ3v) is 2.82. The van der Waals surface area contributed by atoms with E-state index in [0.717, 1.165) is 5.69 Å². The molecule has 0 unspecified atom stereocenters. The Bertz CT molecular complexity index is 757. The number of aromatic hydroxyl groups is 1. The number of rotatable bonds is 3. The van der Waals surface area contributed by atoms with E-state index in [1.54, 1.807) is 33.9 Å². The van der Waals surface area contributed by atoms with Gasteiger partial charge in [0.2, 0.25) is 5.95 Å². The zero-order valence-electron chi connectivity index (χ0n) is 13.6. The number of carbonyl (C=O) groups excluding carboxylic acids is 1. The number of nitrogen functional groups attached to an aromatic ring is 1. The smallest absolute Gasteiger partial charge is 0.338 e. The van der Waals surface area contributed by atoms with Crippen molar-refractivity contribution in [1.82, 2.24) is 9.66 Å². The van der Waals surface area contributed by atoms with Gasteiger partial charge in [-0.25, -0.2) is 14.5 Å². The van der Waals surface area contributed by atoms with Crippen LogP contribution in [-0.4, -0.2) is 32.6 Å². The third kappa shape index (κ3) is 4.32. The Labute approximate surface area is 134 Å². The number of aromatic nitrogens is 2. The van der Waals surface area contributed by atoms with Crippen LogP contribution in [0.3, 0.4) is 0 Å². The molecular weight excluding hydrogens is 296 g/mol. The van der Waals surface area contributed by atoms with Crippen LogP contribution in [0.15, 0.2) is 29.5 Å². The number of aryl methyl sites for hydroxylation is 1. The highest BCUT2D eigenvalue weighted by Gasteiger charge is 2.18. The van der Waals surface area contributed by atoms with Gasteiger partial charge in [-0.1, -0.05) is 0 Å². The van der Waals surface area contributed by atoms with Gasteiger partial charge in [-0.3, -0.25) is 0 Å². The molecule has 0 atom stereocenters. The van der Waals surface area contributed by atoms with Crippen LogP contribution >= 0.6 is 0 Å². The highest BCUT2D eigenvalue weighted by atomic mass is 16.6. The Morgan fingerprint density at radius 1 is 1.43 bits per heavy atom. The number of esters is 1. The van der Waals surface area contributed by atoms with E-state index in [1.165, 1.54) is 29.1 Å². The minimum atomic E-state index is -0.591. The zero-order chi connectivity index (χ0) is 17.2. The summed E-state index contributed by atoms with van der Waals surface area (Å²) in [6.07, 6.45) is 3.06. The molecular formula is C16H20N4O3. The lowest BCUT2D eigenvalue weighted by molar-refractivity contribution is 0.00695. The standard InChI is InChI=1S/C16H20N4O3/c1-10-9-20(15(17)19-10)18-8-12-7-11(5-6-13(12)21)14(22)23-16(2,3)4/h5-9,21H,1-4H3,(H2,17,19). The first-order valence-electron chi connectivity index (χ1n) is 7.08. The molecule has 2 rings (SSSR count). The lowest BCUT2D eigenvalue weighted by Gasteiger charge is -2.19. The maximum Gasteiger partial charge on any atom is 0.338 e. The summed E-state index contributed by atoms with van der Waals surface area (Å²) in [4.78, 5) is 16.1. The summed E-state index contributed by atoms with van der Waals surface area (Å²) in [5, 5.41) is 14.0. The molecule has 7 heteroatoms. The van der Waals surface area contributed by atoms with Gasteiger partial charge in [0.1, 0.15) is 11.4 Å². The predicted octanol–water partition coefficient (Wildman–Crippen LogP) is 2.32. The van der Waals surface area contributed by atoms with Crippen molar-refractivity contribution in [2.45, 2.75) is 33.3 Å². The van der Waals surface area contributed by atoms with E-state index in [-0.39, 0.29) is 11.7 Å². The van der Waals surface area contributed by atoms with E-state index >= 15 is 0 Å².